The van der Waals surface area contributed by atoms with Gasteiger partial charge in [0.1, 0.15) is 0 Å². The monoisotopic (exact) mass is 766 g/mol. The molecule has 13 heteroatoms. The first kappa shape index (κ1) is 55.3. The first-order valence-electron chi connectivity index (χ1n) is 17.7. The fourth-order valence-electron chi connectivity index (χ4n) is 2.64. The molecule has 0 aromatic rings. The van der Waals surface area contributed by atoms with Crippen molar-refractivity contribution in [2.24, 2.45) is 0 Å². The number of rotatable bonds is 28. The third-order valence-electron chi connectivity index (χ3n) is 5.72. The maximum Gasteiger partial charge on any atom is 0.676 e. The van der Waals surface area contributed by atoms with Crippen molar-refractivity contribution in [2.75, 3.05) is 52.9 Å². The molecular weight excluding hydrogens is 692 g/mol. The minimum atomic E-state index is -3.36. The van der Waals surface area contributed by atoms with E-state index >= 15 is 0 Å². The molecule has 0 aromatic carbocycles. The normalized spacial score (nSPS) is 10.9. The van der Waals surface area contributed by atoms with Crippen molar-refractivity contribution in [3.05, 3.63) is 0 Å². The van der Waals surface area contributed by atoms with Crippen LogP contribution in [-0.4, -0.2) is 90.8 Å². The van der Waals surface area contributed by atoms with Crippen molar-refractivity contribution in [3.63, 3.8) is 0 Å². The first-order chi connectivity index (χ1) is 21.2. The Bertz CT molecular complexity index is 402. The Labute approximate surface area is 300 Å². The fourth-order valence-corrected chi connectivity index (χ4v) is 5.55. The van der Waals surface area contributed by atoms with Crippen LogP contribution in [0.4, 0.5) is 0 Å². The van der Waals surface area contributed by atoms with Crippen molar-refractivity contribution < 1.29 is 72.6 Å². The molecule has 0 heterocycles. The van der Waals surface area contributed by atoms with Crippen molar-refractivity contribution in [1.82, 2.24) is 0 Å². The summed E-state index contributed by atoms with van der Waals surface area (Å²) in [6.45, 7) is 20.4. The number of hydrogen-bond donors (Lipinski definition) is 4. The van der Waals surface area contributed by atoms with Crippen LogP contribution in [-0.2, 0) is 52.8 Å². The summed E-state index contributed by atoms with van der Waals surface area (Å²) in [5.74, 6) is 0. The molecule has 4 N–H and O–H groups in total. The molecule has 0 aliphatic rings. The Morgan fingerprint density at radius 2 is 0.489 bits per heavy atom. The van der Waals surface area contributed by atoms with Crippen molar-refractivity contribution in [3.8, 4) is 0 Å². The molecule has 0 aliphatic carbocycles. The minimum absolute atomic E-state index is 0. The van der Waals surface area contributed by atoms with Crippen molar-refractivity contribution in [1.29, 1.82) is 0 Å². The van der Waals surface area contributed by atoms with Gasteiger partial charge in [0.05, 0.1) is 0 Å². The van der Waals surface area contributed by atoms with E-state index in [0.29, 0.717) is 52.9 Å². The van der Waals surface area contributed by atoms with Crippen molar-refractivity contribution >= 4 is 18.1 Å². The van der Waals surface area contributed by atoms with Crippen LogP contribution in [0.1, 0.15) is 158 Å². The third kappa shape index (κ3) is 49.4. The Hall–Kier alpha value is 0.917. The summed E-state index contributed by atoms with van der Waals surface area (Å²) in [5.41, 5.74) is 0. The van der Waals surface area contributed by atoms with Gasteiger partial charge in [0.2, 0.25) is 0 Å². The molecule has 0 saturated carbocycles. The van der Waals surface area contributed by atoms with Gasteiger partial charge in [0.15, 0.2) is 0 Å². The Kier molecular flexibility index (Phi) is 57.8. The number of aliphatic hydroxyl groups is 2. The van der Waals surface area contributed by atoms with Gasteiger partial charge in [-0.1, -0.05) is 107 Å². The minimum Gasteiger partial charge on any atom is -0.396 e. The second-order valence-corrected chi connectivity index (χ2v) is 14.2. The van der Waals surface area contributed by atoms with Crippen LogP contribution in [0.15, 0.2) is 0 Å². The molecule has 10 nitrogen and oxygen atoms in total. The van der Waals surface area contributed by atoms with E-state index in [2.05, 4.69) is 55.4 Å². The summed E-state index contributed by atoms with van der Waals surface area (Å²) in [6, 6.07) is 0. The second kappa shape index (κ2) is 47.0. The molecule has 0 fully saturated rings. The molecule has 0 bridgehead atoms. The molecule has 0 radical (unpaired) electrons. The van der Waals surface area contributed by atoms with E-state index in [-0.39, 0.29) is 26.2 Å². The van der Waals surface area contributed by atoms with E-state index in [1.54, 1.807) is 0 Å². The summed E-state index contributed by atoms with van der Waals surface area (Å²) in [4.78, 5) is 20.3. The largest absolute Gasteiger partial charge is 0.676 e. The van der Waals surface area contributed by atoms with Gasteiger partial charge in [-0.05, 0) is 51.4 Å². The fraction of sp³-hybridized carbons (Fsp3) is 1.00. The maximum atomic E-state index is 10.2. The average molecular weight is 768 g/mol. The van der Waals surface area contributed by atoms with Crippen LogP contribution in [0.25, 0.3) is 0 Å². The van der Waals surface area contributed by atoms with Crippen LogP contribution < -0.4 is 0 Å². The summed E-state index contributed by atoms with van der Waals surface area (Å²) in [5, 5.41) is 16.1. The molecule has 45 heavy (non-hydrogen) atoms. The van der Waals surface area contributed by atoms with Gasteiger partial charge < -0.3 is 46.4 Å². The molecule has 0 aromatic heterocycles. The van der Waals surface area contributed by atoms with E-state index in [0.717, 1.165) is 103 Å². The number of aliphatic hydroxyl groups excluding tert-OH is 2. The second-order valence-electron chi connectivity index (χ2n) is 10.4. The smallest absolute Gasteiger partial charge is 0.396 e. The van der Waals surface area contributed by atoms with E-state index in [4.69, 9.17) is 36.8 Å². The first-order valence-corrected chi connectivity index (χ1v) is 21.0. The van der Waals surface area contributed by atoms with Gasteiger partial charge in [-0.2, -0.15) is 0 Å². The van der Waals surface area contributed by atoms with Gasteiger partial charge in [0, 0.05) is 79.1 Å². The van der Waals surface area contributed by atoms with Gasteiger partial charge >= 0.3 is 18.1 Å². The quantitative estimate of drug-likeness (QED) is 0.0475. The summed E-state index contributed by atoms with van der Waals surface area (Å²) in [6.07, 6.45) is 15.8. The Balaban J connectivity index is -0.000000179. The topological polar surface area (TPSA) is 136 Å². The molecule has 0 atom stereocenters. The molecule has 0 aliphatic heterocycles. The summed E-state index contributed by atoms with van der Waals surface area (Å²) >= 11 is 0. The zero-order valence-corrected chi connectivity index (χ0v) is 35.2. The van der Waals surface area contributed by atoms with Crippen LogP contribution in [0.2, 0.25) is 0 Å². The summed E-state index contributed by atoms with van der Waals surface area (Å²) in [7, 11) is -6.72. The van der Waals surface area contributed by atoms with Gasteiger partial charge in [-0.3, -0.25) is 0 Å². The van der Waals surface area contributed by atoms with Gasteiger partial charge in [-0.15, -0.1) is 0 Å². The molecule has 0 saturated heterocycles. The Morgan fingerprint density at radius 1 is 0.333 bits per heavy atom. The van der Waals surface area contributed by atoms with Crippen molar-refractivity contribution in [2.45, 2.75) is 158 Å². The van der Waals surface area contributed by atoms with Crippen LogP contribution in [0.5, 0.6) is 0 Å². The van der Waals surface area contributed by atoms with Crippen LogP contribution >= 0.6 is 0 Å². The molecule has 276 valence electrons. The van der Waals surface area contributed by atoms with E-state index < -0.39 is 18.1 Å². The molecule has 0 amide bonds. The van der Waals surface area contributed by atoms with Gasteiger partial charge in [-0.25, -0.2) is 0 Å². The molecule has 0 spiro atoms. The predicted octanol–water partition coefficient (Wildman–Crippen LogP) is 7.28. The van der Waals surface area contributed by atoms with E-state index in [1.165, 1.54) is 0 Å². The standard InChI is InChI=1S/2C12H28O4Si.2C4H10O.Zr/c2*1-4-7-10-14-17(13,15-11-8-5-2)16-12-9-6-3;2*1-2-3-4-5;/h2*13H,4-12H2,1-3H3;2*5H,2-4H2,1H3;. The van der Waals surface area contributed by atoms with Crippen LogP contribution in [0.3, 0.4) is 0 Å². The zero-order chi connectivity index (χ0) is 34.2. The number of unbranched alkanes of at least 4 members (excludes halogenated alkanes) is 8. The molecular formula is C32H76O10Si2Zr. The predicted molar refractivity (Wildman–Crippen MR) is 185 cm³/mol. The maximum absolute atomic E-state index is 10.2. The zero-order valence-electron chi connectivity index (χ0n) is 30.7. The average Bonchev–Trinajstić information content (AvgIpc) is 3.00. The van der Waals surface area contributed by atoms with Crippen LogP contribution in [0, 0.1) is 0 Å². The number of hydrogen-bond acceptors (Lipinski definition) is 10. The molecule has 0 unspecified atom stereocenters. The SMILES string of the molecule is CCCCO.CCCCO.CCCCO[Si](O)(OCCCC)OCCCC.CCCCO[Si](O)(OCCCC)OCCCC.[Zr]. The third-order valence-corrected chi connectivity index (χ3v) is 9.13. The summed E-state index contributed by atoms with van der Waals surface area (Å²) < 4.78 is 32.5. The Morgan fingerprint density at radius 3 is 0.578 bits per heavy atom. The van der Waals surface area contributed by atoms with E-state index in [1.807, 2.05) is 0 Å². The van der Waals surface area contributed by atoms with E-state index in [9.17, 15) is 9.59 Å². The molecule has 0 rings (SSSR count). The van der Waals surface area contributed by atoms with Gasteiger partial charge in [0.25, 0.3) is 0 Å².